The lowest BCUT2D eigenvalue weighted by molar-refractivity contribution is 0.0944. The average Bonchev–Trinajstić information content (AvgIpc) is 3.26. The van der Waals surface area contributed by atoms with Gasteiger partial charge in [-0.1, -0.05) is 17.4 Å². The number of fused-ring (bicyclic) bond motifs is 1. The van der Waals surface area contributed by atoms with Gasteiger partial charge in [-0.25, -0.2) is 4.98 Å². The lowest BCUT2D eigenvalue weighted by Gasteiger charge is -2.39. The minimum Gasteiger partial charge on any atom is -0.493 e. The van der Waals surface area contributed by atoms with E-state index < -0.39 is 0 Å². The van der Waals surface area contributed by atoms with E-state index in [9.17, 15) is 10.2 Å². The maximum absolute atomic E-state index is 11.0. The monoisotopic (exact) mass is 433 g/mol. The molecule has 162 valence electrons. The molecule has 0 spiro atoms. The van der Waals surface area contributed by atoms with Crippen LogP contribution in [0.2, 0.25) is 0 Å². The van der Waals surface area contributed by atoms with Crippen molar-refractivity contribution in [1.82, 2.24) is 24.4 Å². The third kappa shape index (κ3) is 3.83. The van der Waals surface area contributed by atoms with E-state index in [4.69, 9.17) is 9.47 Å². The quantitative estimate of drug-likeness (QED) is 0.579. The van der Waals surface area contributed by atoms with Crippen molar-refractivity contribution in [2.24, 2.45) is 0 Å². The molecule has 9 nitrogen and oxygen atoms in total. The molecule has 30 heavy (non-hydrogen) atoms. The molecule has 1 aromatic carbocycles. The van der Waals surface area contributed by atoms with Crippen molar-refractivity contribution in [1.29, 1.82) is 0 Å². The van der Waals surface area contributed by atoms with Crippen LogP contribution < -0.4 is 9.47 Å². The van der Waals surface area contributed by atoms with Crippen LogP contribution in [-0.4, -0.2) is 88.2 Å². The van der Waals surface area contributed by atoms with E-state index in [1.165, 1.54) is 15.9 Å². The van der Waals surface area contributed by atoms with E-state index >= 15 is 0 Å². The first-order valence-corrected chi connectivity index (χ1v) is 10.7. The number of hydrogen-bond donors (Lipinski definition) is 2. The number of aromatic nitrogens is 3. The van der Waals surface area contributed by atoms with Crippen molar-refractivity contribution in [3.05, 3.63) is 34.5 Å². The normalized spacial score (nSPS) is 16.8. The third-order valence-corrected chi connectivity index (χ3v) is 6.54. The summed E-state index contributed by atoms with van der Waals surface area (Å²) in [6, 6.07) is 5.69. The first-order chi connectivity index (χ1) is 14.5. The number of piperazine rings is 1. The molecule has 3 heterocycles. The minimum atomic E-state index is -0.171. The highest BCUT2D eigenvalue weighted by atomic mass is 32.1. The number of hydrogen-bond acceptors (Lipinski definition) is 9. The highest BCUT2D eigenvalue weighted by molar-refractivity contribution is 7.17. The molecule has 2 aromatic heterocycles. The molecule has 1 aliphatic heterocycles. The largest absolute Gasteiger partial charge is 0.493 e. The maximum atomic E-state index is 11.0. The van der Waals surface area contributed by atoms with Gasteiger partial charge in [0.25, 0.3) is 0 Å². The molecule has 0 aliphatic carbocycles. The Labute approximate surface area is 179 Å². The number of β-amino-alcohol motifs (C(OH)–C–C–N with tert-alkyl or cyclic N) is 1. The summed E-state index contributed by atoms with van der Waals surface area (Å²) >= 11 is 1.45. The summed E-state index contributed by atoms with van der Waals surface area (Å²) < 4.78 is 12.4. The first-order valence-electron chi connectivity index (χ1n) is 9.90. The molecule has 0 unspecified atom stereocenters. The molecule has 0 amide bonds. The number of nitrogens with zero attached hydrogens (tertiary/aromatic N) is 5. The topological polar surface area (TPSA) is 95.6 Å². The van der Waals surface area contributed by atoms with Gasteiger partial charge in [0, 0.05) is 32.7 Å². The fourth-order valence-corrected chi connectivity index (χ4v) is 5.13. The summed E-state index contributed by atoms with van der Waals surface area (Å²) in [7, 11) is 3.23. The number of thiazole rings is 1. The van der Waals surface area contributed by atoms with Crippen LogP contribution in [0.3, 0.4) is 0 Å². The number of methoxy groups -OCH3 is 2. The van der Waals surface area contributed by atoms with E-state index in [2.05, 4.69) is 19.9 Å². The molecule has 1 aliphatic rings. The van der Waals surface area contributed by atoms with Gasteiger partial charge in [-0.2, -0.15) is 4.52 Å². The van der Waals surface area contributed by atoms with Gasteiger partial charge in [-0.15, -0.1) is 5.10 Å². The molecule has 1 atom stereocenters. The smallest absolute Gasteiger partial charge is 0.230 e. The Morgan fingerprint density at radius 1 is 1.13 bits per heavy atom. The molecule has 0 bridgehead atoms. The van der Waals surface area contributed by atoms with Crippen molar-refractivity contribution in [3.8, 4) is 17.4 Å². The number of aliphatic hydroxyl groups is 1. The molecule has 1 fully saturated rings. The van der Waals surface area contributed by atoms with Gasteiger partial charge in [0.05, 0.1) is 31.7 Å². The Balaban J connectivity index is 1.75. The highest BCUT2D eigenvalue weighted by Crippen LogP contribution is 2.42. The van der Waals surface area contributed by atoms with Gasteiger partial charge in [0.15, 0.2) is 11.5 Å². The van der Waals surface area contributed by atoms with Crippen LogP contribution in [0.1, 0.15) is 22.3 Å². The van der Waals surface area contributed by atoms with Crippen molar-refractivity contribution < 1.29 is 19.7 Å². The van der Waals surface area contributed by atoms with Crippen LogP contribution in [0, 0.1) is 6.92 Å². The minimum absolute atomic E-state index is 0.119. The number of ether oxygens (including phenoxy) is 2. The highest BCUT2D eigenvalue weighted by Gasteiger charge is 2.32. The number of aryl methyl sites for hydroxylation is 1. The van der Waals surface area contributed by atoms with Gasteiger partial charge in [-0.05, 0) is 24.6 Å². The fourth-order valence-electron chi connectivity index (χ4n) is 3.96. The molecule has 2 N–H and O–H groups in total. The van der Waals surface area contributed by atoms with Crippen molar-refractivity contribution in [2.45, 2.75) is 13.0 Å². The number of aromatic hydroxyl groups is 1. The van der Waals surface area contributed by atoms with Crippen molar-refractivity contribution in [2.75, 3.05) is 53.6 Å². The van der Waals surface area contributed by atoms with Gasteiger partial charge in [0.1, 0.15) is 5.82 Å². The number of aliphatic hydroxyl groups excluding tert-OH is 1. The zero-order valence-corrected chi connectivity index (χ0v) is 18.2. The molecular formula is C20H27N5O4S. The summed E-state index contributed by atoms with van der Waals surface area (Å²) in [5, 5.41) is 24.5. The second-order valence-electron chi connectivity index (χ2n) is 7.26. The zero-order chi connectivity index (χ0) is 21.3. The fraction of sp³-hybridized carbons (Fsp3) is 0.500. The first kappa shape index (κ1) is 20.9. The van der Waals surface area contributed by atoms with E-state index in [1.54, 1.807) is 14.2 Å². The van der Waals surface area contributed by atoms with Gasteiger partial charge >= 0.3 is 0 Å². The second kappa shape index (κ2) is 8.76. The van der Waals surface area contributed by atoms with E-state index in [0.29, 0.717) is 28.8 Å². The predicted molar refractivity (Wildman–Crippen MR) is 114 cm³/mol. The van der Waals surface area contributed by atoms with Crippen LogP contribution in [0.4, 0.5) is 0 Å². The second-order valence-corrected chi connectivity index (χ2v) is 8.27. The molecule has 0 saturated carbocycles. The number of rotatable bonds is 7. The van der Waals surface area contributed by atoms with Crippen LogP contribution >= 0.6 is 11.3 Å². The molecule has 4 rings (SSSR count). The molecule has 0 radical (unpaired) electrons. The Morgan fingerprint density at radius 3 is 2.50 bits per heavy atom. The Morgan fingerprint density at radius 2 is 1.87 bits per heavy atom. The zero-order valence-electron chi connectivity index (χ0n) is 17.4. The average molecular weight is 434 g/mol. The summed E-state index contributed by atoms with van der Waals surface area (Å²) in [6.07, 6.45) is 0. The molecule has 10 heteroatoms. The summed E-state index contributed by atoms with van der Waals surface area (Å²) in [4.78, 5) is 10.5. The van der Waals surface area contributed by atoms with Gasteiger partial charge in [-0.3, -0.25) is 9.80 Å². The SMILES string of the molecule is COc1ccc([C@H](c2sc3nc(C)nn3c2O)N2CCN(CCO)CC2)cc1OC. The Kier molecular flexibility index (Phi) is 6.09. The Bertz CT molecular complexity index is 1010. The molecule has 1 saturated heterocycles. The summed E-state index contributed by atoms with van der Waals surface area (Å²) in [6.45, 7) is 5.97. The van der Waals surface area contributed by atoms with E-state index in [0.717, 1.165) is 36.6 Å². The van der Waals surface area contributed by atoms with Crippen molar-refractivity contribution in [3.63, 3.8) is 0 Å². The van der Waals surface area contributed by atoms with Crippen molar-refractivity contribution >= 4 is 16.3 Å². The Hall–Kier alpha value is -2.40. The van der Waals surface area contributed by atoms with Gasteiger partial charge < -0.3 is 19.7 Å². The summed E-state index contributed by atoms with van der Waals surface area (Å²) in [5.74, 6) is 2.06. The third-order valence-electron chi connectivity index (χ3n) is 5.47. The summed E-state index contributed by atoms with van der Waals surface area (Å²) in [5.41, 5.74) is 1.000. The lowest BCUT2D eigenvalue weighted by atomic mass is 10.0. The van der Waals surface area contributed by atoms with E-state index in [-0.39, 0.29) is 18.5 Å². The van der Waals surface area contributed by atoms with Gasteiger partial charge in [0.2, 0.25) is 10.8 Å². The number of benzene rings is 1. The molecule has 3 aromatic rings. The maximum Gasteiger partial charge on any atom is 0.230 e. The standard InChI is InChI=1S/C20H27N5O4S/c1-13-21-20-25(22-13)19(27)18(30-20)17(24-8-6-23(7-9-24)10-11-26)14-4-5-15(28-2)16(12-14)29-3/h4-5,12,17,26-27H,6-11H2,1-3H3/t17-/m1/s1. The van der Waals surface area contributed by atoms with E-state index in [1.807, 2.05) is 25.1 Å². The molecular weight excluding hydrogens is 406 g/mol. The van der Waals surface area contributed by atoms with Crippen LogP contribution in [-0.2, 0) is 0 Å². The van der Waals surface area contributed by atoms with Crippen LogP contribution in [0.5, 0.6) is 17.4 Å². The van der Waals surface area contributed by atoms with Crippen LogP contribution in [0.15, 0.2) is 18.2 Å². The predicted octanol–water partition coefficient (Wildman–Crippen LogP) is 1.52. The van der Waals surface area contributed by atoms with Crippen LogP contribution in [0.25, 0.3) is 4.96 Å². The lowest BCUT2D eigenvalue weighted by Crippen LogP contribution is -2.48.